The van der Waals surface area contributed by atoms with Crippen LogP contribution in [0.5, 0.6) is 0 Å². The van der Waals surface area contributed by atoms with E-state index >= 15 is 0 Å². The lowest BCUT2D eigenvalue weighted by atomic mass is 9.44. The minimum atomic E-state index is -1.12. The van der Waals surface area contributed by atoms with Gasteiger partial charge in [0.25, 0.3) is 0 Å². The van der Waals surface area contributed by atoms with Crippen molar-refractivity contribution in [3.8, 4) is 0 Å². The summed E-state index contributed by atoms with van der Waals surface area (Å²) in [6, 6.07) is 6.20. The number of hydrogen-bond acceptors (Lipinski definition) is 3. The Balaban J connectivity index is 1.14. The maximum Gasteiger partial charge on any atom is 0.343 e. The van der Waals surface area contributed by atoms with Crippen molar-refractivity contribution in [2.24, 2.45) is 46.3 Å². The second-order valence-corrected chi connectivity index (χ2v) is 14.2. The van der Waals surface area contributed by atoms with E-state index in [1.165, 1.54) is 89.0 Å². The molecule has 0 bridgehead atoms. The number of hydrogen-bond donors (Lipinski definition) is 1. The van der Waals surface area contributed by atoms with Gasteiger partial charge in [-0.1, -0.05) is 52.2 Å². The van der Waals surface area contributed by atoms with Gasteiger partial charge in [0.15, 0.2) is 0 Å². The molecule has 0 amide bonds. The number of benzene rings is 1. The van der Waals surface area contributed by atoms with Crippen molar-refractivity contribution in [2.75, 3.05) is 0 Å². The summed E-state index contributed by atoms with van der Waals surface area (Å²) >= 11 is 0. The van der Waals surface area contributed by atoms with E-state index in [1.807, 2.05) is 6.92 Å². The zero-order valence-electron chi connectivity index (χ0n) is 24.7. The highest BCUT2D eigenvalue weighted by Crippen LogP contribution is 2.68. The number of esters is 1. The third-order valence-corrected chi connectivity index (χ3v) is 12.3. The minimum Gasteiger partial charge on any atom is -0.478 e. The average Bonchev–Trinajstić information content (AvgIpc) is 3.28. The molecule has 0 aromatic heterocycles. The molecular formula is C35H50O4. The van der Waals surface area contributed by atoms with Crippen molar-refractivity contribution in [2.45, 2.75) is 111 Å². The number of carboxylic acids is 1. The highest BCUT2D eigenvalue weighted by molar-refractivity contribution is 6.02. The van der Waals surface area contributed by atoms with Crippen LogP contribution in [-0.4, -0.2) is 17.0 Å². The molecule has 39 heavy (non-hydrogen) atoms. The van der Waals surface area contributed by atoms with Crippen LogP contribution < -0.4 is 0 Å². The summed E-state index contributed by atoms with van der Waals surface area (Å²) < 4.78 is 5.36. The Morgan fingerprint density at radius 3 is 2.49 bits per heavy atom. The third-order valence-electron chi connectivity index (χ3n) is 12.3. The van der Waals surface area contributed by atoms with Crippen LogP contribution in [0, 0.1) is 46.3 Å². The van der Waals surface area contributed by atoms with Gasteiger partial charge in [0, 0.05) is 0 Å². The molecular weight excluding hydrogens is 484 g/mol. The maximum absolute atomic E-state index is 12.5. The topological polar surface area (TPSA) is 63.6 Å². The van der Waals surface area contributed by atoms with Crippen molar-refractivity contribution >= 4 is 11.9 Å². The summed E-state index contributed by atoms with van der Waals surface area (Å²) in [5, 5.41) is 9.33. The van der Waals surface area contributed by atoms with Crippen LogP contribution in [0.4, 0.5) is 0 Å². The Morgan fingerprint density at radius 2 is 1.72 bits per heavy atom. The van der Waals surface area contributed by atoms with Gasteiger partial charge in [0.2, 0.25) is 0 Å². The fourth-order valence-corrected chi connectivity index (χ4v) is 10.3. The number of rotatable bonds is 8. The molecule has 1 unspecified atom stereocenters. The molecule has 1 aromatic carbocycles. The fourth-order valence-electron chi connectivity index (χ4n) is 10.3. The predicted octanol–water partition coefficient (Wildman–Crippen LogP) is 9.30. The number of carboxylic acid groups (broad SMARTS) is 1. The number of fused-ring (bicyclic) bond motifs is 5. The average molecular weight is 535 g/mol. The Labute approximate surface area is 236 Å². The first-order valence-electron chi connectivity index (χ1n) is 15.8. The van der Waals surface area contributed by atoms with Crippen molar-refractivity contribution in [1.82, 2.24) is 0 Å². The molecule has 8 atom stereocenters. The third kappa shape index (κ3) is 5.34. The lowest BCUT2D eigenvalue weighted by Gasteiger charge is -2.61. The molecule has 4 aliphatic rings. The maximum atomic E-state index is 12.5. The first-order chi connectivity index (χ1) is 18.6. The van der Waals surface area contributed by atoms with Crippen LogP contribution >= 0.6 is 0 Å². The Hall–Kier alpha value is -2.10. The van der Waals surface area contributed by atoms with E-state index in [2.05, 4.69) is 20.8 Å². The van der Waals surface area contributed by atoms with Crippen molar-refractivity contribution < 1.29 is 19.4 Å². The van der Waals surface area contributed by atoms with Crippen molar-refractivity contribution in [1.29, 1.82) is 0 Å². The van der Waals surface area contributed by atoms with Crippen molar-refractivity contribution in [3.05, 3.63) is 47.2 Å². The monoisotopic (exact) mass is 534 g/mol. The summed E-state index contributed by atoms with van der Waals surface area (Å²) in [4.78, 5) is 23.9. The number of carbonyl (C=O) groups is 2. The van der Waals surface area contributed by atoms with Crippen LogP contribution in [0.1, 0.15) is 132 Å². The molecule has 1 N–H and O–H groups in total. The van der Waals surface area contributed by atoms with E-state index in [0.29, 0.717) is 10.8 Å². The standard InChI is InChI=1S/C35H50O4/c1-23(22-39-33(38)27-14-6-5-13-26(27)32(36)37)10-9-11-24(2)29-17-18-30-28-16-15-25-12-7-8-20-34(25,3)31(28)19-21-35(29,30)4/h5-6,13-14,22,24-25,28-31H,7-12,15-21H2,1-4H3,(H,36,37)/t24-,25?,28+,29-,30+,31+,34+,35-/m1/s1. The molecule has 0 saturated heterocycles. The molecule has 0 radical (unpaired) electrons. The Kier molecular flexibility index (Phi) is 8.32. The highest BCUT2D eigenvalue weighted by Gasteiger charge is 2.60. The molecule has 0 aliphatic heterocycles. The molecule has 4 heteroatoms. The van der Waals surface area contributed by atoms with E-state index in [9.17, 15) is 14.7 Å². The summed E-state index contributed by atoms with van der Waals surface area (Å²) in [7, 11) is 0. The highest BCUT2D eigenvalue weighted by atomic mass is 16.5. The zero-order chi connectivity index (χ0) is 27.8. The van der Waals surface area contributed by atoms with Gasteiger partial charge in [-0.05, 0) is 135 Å². The molecule has 214 valence electrons. The van der Waals surface area contributed by atoms with Gasteiger partial charge < -0.3 is 9.84 Å². The molecule has 0 heterocycles. The number of carbonyl (C=O) groups excluding carboxylic acids is 1. The second-order valence-electron chi connectivity index (χ2n) is 14.2. The predicted molar refractivity (Wildman–Crippen MR) is 155 cm³/mol. The quantitative estimate of drug-likeness (QED) is 0.267. The second kappa shape index (κ2) is 11.4. The lowest BCUT2D eigenvalue weighted by Crippen LogP contribution is -2.53. The number of allylic oxidation sites excluding steroid dienone is 1. The zero-order valence-corrected chi connectivity index (χ0v) is 24.7. The van der Waals surface area contributed by atoms with Gasteiger partial charge >= 0.3 is 11.9 Å². The molecule has 4 saturated carbocycles. The van der Waals surface area contributed by atoms with Gasteiger partial charge in [-0.15, -0.1) is 0 Å². The number of ether oxygens (including phenoxy) is 1. The van der Waals surface area contributed by atoms with Crippen LogP contribution in [0.25, 0.3) is 0 Å². The van der Waals surface area contributed by atoms with E-state index in [4.69, 9.17) is 4.74 Å². The van der Waals surface area contributed by atoms with Gasteiger partial charge in [-0.25, -0.2) is 9.59 Å². The first kappa shape index (κ1) is 28.4. The van der Waals surface area contributed by atoms with E-state index in [-0.39, 0.29) is 11.1 Å². The molecule has 4 fully saturated rings. The Morgan fingerprint density at radius 1 is 0.974 bits per heavy atom. The number of aromatic carboxylic acids is 1. The van der Waals surface area contributed by atoms with E-state index in [1.54, 1.807) is 12.1 Å². The normalized spacial score (nSPS) is 36.8. The van der Waals surface area contributed by atoms with Gasteiger partial charge in [-0.2, -0.15) is 0 Å². The summed E-state index contributed by atoms with van der Waals surface area (Å²) in [5.41, 5.74) is 2.22. The molecule has 5 rings (SSSR count). The Bertz CT molecular complexity index is 1090. The lowest BCUT2D eigenvalue weighted by molar-refractivity contribution is -0.114. The summed E-state index contributed by atoms with van der Waals surface area (Å²) in [6.07, 6.45) is 19.3. The first-order valence-corrected chi connectivity index (χ1v) is 15.8. The SMILES string of the molecule is CC(=COC(=O)c1ccccc1C(=O)O)CCC[C@@H](C)[C@H]1CC[C@H]2[C@@H]3CCC4CCCC[C@]4(C)[C@H]3CC[C@]12C. The van der Waals surface area contributed by atoms with Crippen LogP contribution in [0.2, 0.25) is 0 Å². The van der Waals surface area contributed by atoms with Gasteiger partial charge in [-0.3, -0.25) is 0 Å². The summed E-state index contributed by atoms with van der Waals surface area (Å²) in [6.45, 7) is 9.84. The fraction of sp³-hybridized carbons (Fsp3) is 0.714. The molecule has 4 nitrogen and oxygen atoms in total. The van der Waals surface area contributed by atoms with E-state index < -0.39 is 11.9 Å². The molecule has 1 aromatic rings. The summed E-state index contributed by atoms with van der Waals surface area (Å²) in [5.74, 6) is 3.68. The van der Waals surface area contributed by atoms with Gasteiger partial charge in [0.1, 0.15) is 0 Å². The molecule has 0 spiro atoms. The minimum absolute atomic E-state index is 0.0272. The van der Waals surface area contributed by atoms with Crippen molar-refractivity contribution in [3.63, 3.8) is 0 Å². The smallest absolute Gasteiger partial charge is 0.343 e. The van der Waals surface area contributed by atoms with Crippen LogP contribution in [-0.2, 0) is 4.74 Å². The van der Waals surface area contributed by atoms with Crippen LogP contribution in [0.15, 0.2) is 36.1 Å². The van der Waals surface area contributed by atoms with Gasteiger partial charge in [0.05, 0.1) is 17.4 Å². The van der Waals surface area contributed by atoms with E-state index in [0.717, 1.165) is 53.9 Å². The largest absolute Gasteiger partial charge is 0.478 e. The van der Waals surface area contributed by atoms with Crippen LogP contribution in [0.3, 0.4) is 0 Å². The molecule has 4 aliphatic carbocycles.